The predicted octanol–water partition coefficient (Wildman–Crippen LogP) is 1.62. The minimum Gasteiger partial charge on any atom is -0.504 e. The number of rotatable bonds is 7. The number of esters is 1. The number of nitrogens with one attached hydrogen (secondary N) is 2. The Balaban J connectivity index is 1.55. The molecule has 3 heterocycles. The van der Waals surface area contributed by atoms with E-state index in [1.807, 2.05) is 0 Å². The first-order chi connectivity index (χ1) is 16.9. The van der Waals surface area contributed by atoms with Gasteiger partial charge in [0.25, 0.3) is 5.91 Å². The van der Waals surface area contributed by atoms with Gasteiger partial charge in [0, 0.05) is 38.4 Å². The maximum Gasteiger partial charge on any atom is 0.338 e. The van der Waals surface area contributed by atoms with Gasteiger partial charge in [0.15, 0.2) is 17.3 Å². The highest BCUT2D eigenvalue weighted by Gasteiger charge is 2.35. The summed E-state index contributed by atoms with van der Waals surface area (Å²) >= 11 is 0. The number of ether oxygens (including phenoxy) is 2. The molecule has 11 nitrogen and oxygen atoms in total. The average Bonchev–Trinajstić information content (AvgIpc) is 3.40. The van der Waals surface area contributed by atoms with E-state index in [4.69, 9.17) is 13.9 Å². The van der Waals surface area contributed by atoms with E-state index in [-0.39, 0.29) is 29.5 Å². The molecule has 0 aliphatic carbocycles. The number of urea groups is 1. The van der Waals surface area contributed by atoms with Crippen molar-refractivity contribution in [1.29, 1.82) is 0 Å². The summed E-state index contributed by atoms with van der Waals surface area (Å²) in [6.07, 6.45) is 1.46. The zero-order valence-electron chi connectivity index (χ0n) is 19.6. The van der Waals surface area contributed by atoms with Gasteiger partial charge in [-0.3, -0.25) is 9.69 Å². The van der Waals surface area contributed by atoms with Crippen molar-refractivity contribution in [3.05, 3.63) is 59.2 Å². The number of aromatic hydroxyl groups is 1. The van der Waals surface area contributed by atoms with Crippen LogP contribution in [0.2, 0.25) is 0 Å². The molecule has 0 bridgehead atoms. The second-order valence-corrected chi connectivity index (χ2v) is 8.12. The molecule has 35 heavy (non-hydrogen) atoms. The quantitative estimate of drug-likeness (QED) is 0.505. The Morgan fingerprint density at radius 2 is 1.97 bits per heavy atom. The molecule has 0 radical (unpaired) electrons. The third-order valence-electron chi connectivity index (χ3n) is 5.95. The molecule has 0 spiro atoms. The van der Waals surface area contributed by atoms with Crippen molar-refractivity contribution in [2.24, 2.45) is 0 Å². The van der Waals surface area contributed by atoms with Crippen LogP contribution in [-0.4, -0.2) is 79.3 Å². The normalized spacial score (nSPS) is 18.6. The second kappa shape index (κ2) is 10.5. The number of nitrogens with zero attached hydrogens (tertiary/aromatic N) is 2. The van der Waals surface area contributed by atoms with Gasteiger partial charge in [-0.15, -0.1) is 0 Å². The summed E-state index contributed by atoms with van der Waals surface area (Å²) in [5.74, 6) is -0.252. The highest BCUT2D eigenvalue weighted by Crippen LogP contribution is 2.34. The Morgan fingerprint density at radius 1 is 1.20 bits per heavy atom. The van der Waals surface area contributed by atoms with Crippen LogP contribution in [0.3, 0.4) is 0 Å². The summed E-state index contributed by atoms with van der Waals surface area (Å²) in [6.45, 7) is 4.47. The first kappa shape index (κ1) is 24.1. The zero-order valence-corrected chi connectivity index (χ0v) is 19.6. The molecule has 0 saturated carbocycles. The van der Waals surface area contributed by atoms with E-state index in [9.17, 15) is 19.5 Å². The number of benzene rings is 1. The van der Waals surface area contributed by atoms with Crippen molar-refractivity contribution in [2.45, 2.75) is 13.0 Å². The summed E-state index contributed by atoms with van der Waals surface area (Å²) in [4.78, 5) is 41.6. The highest BCUT2D eigenvalue weighted by molar-refractivity contribution is 5.95. The predicted molar refractivity (Wildman–Crippen MR) is 124 cm³/mol. The number of amides is 3. The van der Waals surface area contributed by atoms with Gasteiger partial charge in [-0.05, 0) is 36.8 Å². The summed E-state index contributed by atoms with van der Waals surface area (Å²) < 4.78 is 15.7. The number of hydrogen-bond donors (Lipinski definition) is 3. The van der Waals surface area contributed by atoms with Crippen LogP contribution in [0.5, 0.6) is 11.5 Å². The number of methoxy groups -OCH3 is 1. The Bertz CT molecular complexity index is 1120. The Labute approximate surface area is 202 Å². The molecular formula is C24H28N4O7. The molecule has 4 rings (SSSR count). The van der Waals surface area contributed by atoms with Crippen molar-refractivity contribution in [1.82, 2.24) is 20.4 Å². The van der Waals surface area contributed by atoms with E-state index < -0.39 is 18.0 Å². The van der Waals surface area contributed by atoms with E-state index >= 15 is 0 Å². The summed E-state index contributed by atoms with van der Waals surface area (Å²) in [7, 11) is 1.28. The van der Waals surface area contributed by atoms with E-state index in [0.29, 0.717) is 49.8 Å². The summed E-state index contributed by atoms with van der Waals surface area (Å²) in [6, 6.07) is 6.71. The van der Waals surface area contributed by atoms with Crippen molar-refractivity contribution < 1.29 is 33.4 Å². The Kier molecular flexibility index (Phi) is 7.25. The largest absolute Gasteiger partial charge is 0.504 e. The van der Waals surface area contributed by atoms with Gasteiger partial charge in [-0.2, -0.15) is 0 Å². The standard InChI is InChI=1S/C24H28N4O7/c1-3-34-19-13-15(6-7-17(19)29)21-20(23(31)33-2)16(25-24(32)26-21)14-27-8-10-28(11-9-27)22(30)18-5-4-12-35-18/h4-7,12-13,21,29H,3,8-11,14H2,1-2H3,(H2,25,26,32)/t21-/m1/s1. The molecule has 186 valence electrons. The van der Waals surface area contributed by atoms with Crippen molar-refractivity contribution >= 4 is 17.9 Å². The van der Waals surface area contributed by atoms with Crippen LogP contribution >= 0.6 is 0 Å². The molecule has 0 unspecified atom stereocenters. The average molecular weight is 485 g/mol. The second-order valence-electron chi connectivity index (χ2n) is 8.12. The van der Waals surface area contributed by atoms with Gasteiger partial charge in [0.05, 0.1) is 31.6 Å². The fourth-order valence-electron chi connectivity index (χ4n) is 4.21. The minimum absolute atomic E-state index is 0.0401. The molecule has 2 aliphatic rings. The molecule has 3 amide bonds. The number of carbonyl (C=O) groups is 3. The Hall–Kier alpha value is -3.99. The van der Waals surface area contributed by atoms with Crippen LogP contribution in [0.25, 0.3) is 0 Å². The van der Waals surface area contributed by atoms with Gasteiger partial charge >= 0.3 is 12.0 Å². The molecule has 2 aromatic rings. The lowest BCUT2D eigenvalue weighted by Gasteiger charge is -2.36. The maximum atomic E-state index is 12.8. The lowest BCUT2D eigenvalue weighted by atomic mass is 9.94. The molecular weight excluding hydrogens is 456 g/mol. The van der Waals surface area contributed by atoms with E-state index in [0.717, 1.165) is 0 Å². The molecule has 1 atom stereocenters. The van der Waals surface area contributed by atoms with E-state index in [1.165, 1.54) is 19.4 Å². The topological polar surface area (TPSA) is 134 Å². The monoisotopic (exact) mass is 484 g/mol. The Morgan fingerprint density at radius 3 is 2.63 bits per heavy atom. The molecule has 1 aromatic heterocycles. The molecule has 1 saturated heterocycles. The third-order valence-corrected chi connectivity index (χ3v) is 5.95. The maximum absolute atomic E-state index is 12.8. The number of piperazine rings is 1. The van der Waals surface area contributed by atoms with Crippen molar-refractivity contribution in [3.63, 3.8) is 0 Å². The van der Waals surface area contributed by atoms with E-state index in [1.54, 1.807) is 36.1 Å². The van der Waals surface area contributed by atoms with E-state index in [2.05, 4.69) is 15.5 Å². The van der Waals surface area contributed by atoms with Crippen LogP contribution in [0.1, 0.15) is 29.1 Å². The van der Waals surface area contributed by atoms with Crippen LogP contribution in [0.15, 0.2) is 52.3 Å². The van der Waals surface area contributed by atoms with Crippen molar-refractivity contribution in [2.75, 3.05) is 46.4 Å². The third kappa shape index (κ3) is 5.24. The number of furan rings is 1. The van der Waals surface area contributed by atoms with Gasteiger partial charge in [-0.1, -0.05) is 6.07 Å². The molecule has 1 aromatic carbocycles. The first-order valence-electron chi connectivity index (χ1n) is 11.3. The first-order valence-corrected chi connectivity index (χ1v) is 11.3. The smallest absolute Gasteiger partial charge is 0.338 e. The number of carbonyl (C=O) groups excluding carboxylic acids is 3. The summed E-state index contributed by atoms with van der Waals surface area (Å²) in [5, 5.41) is 15.6. The van der Waals surface area contributed by atoms with Crippen molar-refractivity contribution in [3.8, 4) is 11.5 Å². The van der Waals surface area contributed by atoms with Crippen LogP contribution in [0.4, 0.5) is 4.79 Å². The van der Waals surface area contributed by atoms with Gasteiger partial charge in [0.2, 0.25) is 0 Å². The van der Waals surface area contributed by atoms with Crippen LogP contribution in [-0.2, 0) is 9.53 Å². The van der Waals surface area contributed by atoms with Gasteiger partial charge in [0.1, 0.15) is 0 Å². The highest BCUT2D eigenvalue weighted by atomic mass is 16.5. The lowest BCUT2D eigenvalue weighted by molar-refractivity contribution is -0.136. The van der Waals surface area contributed by atoms with Crippen LogP contribution in [0, 0.1) is 0 Å². The zero-order chi connectivity index (χ0) is 24.9. The number of phenolic OH excluding ortho intramolecular Hbond substituents is 1. The summed E-state index contributed by atoms with van der Waals surface area (Å²) in [5.41, 5.74) is 1.24. The minimum atomic E-state index is -0.798. The number of phenols is 1. The number of hydrogen-bond acceptors (Lipinski definition) is 8. The molecule has 11 heteroatoms. The fourth-order valence-corrected chi connectivity index (χ4v) is 4.21. The van der Waals surface area contributed by atoms with Gasteiger partial charge < -0.3 is 34.5 Å². The lowest BCUT2D eigenvalue weighted by Crippen LogP contribution is -2.52. The SMILES string of the molecule is CCOc1cc([C@H]2NC(=O)NC(CN3CCN(C(=O)c4ccco4)CC3)=C2C(=O)OC)ccc1O. The van der Waals surface area contributed by atoms with Crippen LogP contribution < -0.4 is 15.4 Å². The molecule has 1 fully saturated rings. The molecule has 3 N–H and O–H groups in total. The fraction of sp³-hybridized carbons (Fsp3) is 0.375. The van der Waals surface area contributed by atoms with Gasteiger partial charge in [-0.25, -0.2) is 9.59 Å². The molecule has 2 aliphatic heterocycles.